The maximum atomic E-state index is 8.58. The molecule has 0 spiro atoms. The Balaban J connectivity index is 2.69. The highest BCUT2D eigenvalue weighted by Crippen LogP contribution is 2.06. The highest BCUT2D eigenvalue weighted by molar-refractivity contribution is 6.48. The number of benzene rings is 1. The molecule has 0 unspecified atom stereocenters. The lowest BCUT2D eigenvalue weighted by Gasteiger charge is -1.96. The molecule has 0 aliphatic heterocycles. The van der Waals surface area contributed by atoms with Gasteiger partial charge in [0.05, 0.1) is 0 Å². The molecule has 0 bridgehead atoms. The molecule has 1 aromatic carbocycles. The van der Waals surface area contributed by atoms with Crippen LogP contribution in [-0.4, -0.2) is 17.2 Å². The molecule has 1 aromatic rings. The van der Waals surface area contributed by atoms with Gasteiger partial charge < -0.3 is 10.0 Å². The van der Waals surface area contributed by atoms with Crippen LogP contribution in [0.4, 0.5) is 0 Å². The third kappa shape index (κ3) is 3.44. The van der Waals surface area contributed by atoms with Crippen LogP contribution in [0.15, 0.2) is 30.2 Å². The van der Waals surface area contributed by atoms with Crippen LogP contribution in [0.3, 0.4) is 0 Å². The van der Waals surface area contributed by atoms with Crippen molar-refractivity contribution in [2.75, 3.05) is 0 Å². The van der Waals surface area contributed by atoms with Crippen molar-refractivity contribution in [1.29, 1.82) is 0 Å². The summed E-state index contributed by atoms with van der Waals surface area (Å²) in [5, 5.41) is 17.2. The number of hydrogen-bond donors (Lipinski definition) is 2. The van der Waals surface area contributed by atoms with E-state index in [1.807, 2.05) is 24.3 Å². The molecule has 2 nitrogen and oxygen atoms in total. The first-order valence-electron chi connectivity index (χ1n) is 4.35. The summed E-state index contributed by atoms with van der Waals surface area (Å²) in [5.41, 5.74) is 2.26. The van der Waals surface area contributed by atoms with Crippen molar-refractivity contribution in [3.05, 3.63) is 41.4 Å². The van der Waals surface area contributed by atoms with Crippen LogP contribution >= 0.6 is 0 Å². The predicted molar refractivity (Wildman–Crippen MR) is 55.0 cm³/mol. The number of aryl methyl sites for hydroxylation is 1. The molecule has 0 radical (unpaired) electrons. The van der Waals surface area contributed by atoms with E-state index in [9.17, 15) is 0 Å². The van der Waals surface area contributed by atoms with E-state index in [4.69, 9.17) is 10.0 Å². The van der Waals surface area contributed by atoms with Gasteiger partial charge in [-0.2, -0.15) is 0 Å². The summed E-state index contributed by atoms with van der Waals surface area (Å²) in [6, 6.07) is 7.97. The summed E-state index contributed by atoms with van der Waals surface area (Å²) in [7, 11) is -1.37. The molecule has 13 heavy (non-hydrogen) atoms. The van der Waals surface area contributed by atoms with Gasteiger partial charge in [0.1, 0.15) is 0 Å². The standard InChI is InChI=1S/C10H13BO2/c1-2-9-3-5-10(6-4-9)7-8-11(12)13/h3-8,12-13H,2H2,1H3. The zero-order chi connectivity index (χ0) is 9.68. The van der Waals surface area contributed by atoms with E-state index >= 15 is 0 Å². The van der Waals surface area contributed by atoms with Crippen LogP contribution in [0.25, 0.3) is 6.08 Å². The molecule has 0 saturated carbocycles. The van der Waals surface area contributed by atoms with Crippen molar-refractivity contribution in [1.82, 2.24) is 0 Å². The lowest BCUT2D eigenvalue weighted by Crippen LogP contribution is -2.05. The smallest absolute Gasteiger partial charge is 0.424 e. The Labute approximate surface area is 78.7 Å². The molecular weight excluding hydrogens is 163 g/mol. The first-order valence-corrected chi connectivity index (χ1v) is 4.35. The molecule has 0 heterocycles. The van der Waals surface area contributed by atoms with E-state index in [0.29, 0.717) is 0 Å². The molecule has 68 valence electrons. The topological polar surface area (TPSA) is 40.5 Å². The molecule has 1 rings (SSSR count). The van der Waals surface area contributed by atoms with E-state index in [2.05, 4.69) is 6.92 Å². The van der Waals surface area contributed by atoms with Gasteiger partial charge in [0.25, 0.3) is 0 Å². The molecule has 0 fully saturated rings. The Kier molecular flexibility index (Phi) is 3.74. The molecule has 0 aliphatic carbocycles. The van der Waals surface area contributed by atoms with Gasteiger partial charge in [0, 0.05) is 0 Å². The van der Waals surface area contributed by atoms with Crippen molar-refractivity contribution < 1.29 is 10.0 Å². The normalized spacial score (nSPS) is 10.7. The van der Waals surface area contributed by atoms with Gasteiger partial charge in [0.2, 0.25) is 0 Å². The monoisotopic (exact) mass is 176 g/mol. The Morgan fingerprint density at radius 2 is 1.85 bits per heavy atom. The Morgan fingerprint density at radius 3 is 2.31 bits per heavy atom. The number of rotatable bonds is 3. The van der Waals surface area contributed by atoms with E-state index < -0.39 is 7.12 Å². The van der Waals surface area contributed by atoms with Crippen molar-refractivity contribution >= 4 is 13.2 Å². The van der Waals surface area contributed by atoms with E-state index in [1.165, 1.54) is 11.5 Å². The minimum absolute atomic E-state index is 0.977. The quantitative estimate of drug-likeness (QED) is 0.681. The van der Waals surface area contributed by atoms with Crippen LogP contribution < -0.4 is 0 Å². The molecule has 0 atom stereocenters. The van der Waals surface area contributed by atoms with Crippen molar-refractivity contribution in [2.45, 2.75) is 13.3 Å². The van der Waals surface area contributed by atoms with Gasteiger partial charge in [-0.05, 0) is 17.5 Å². The summed E-state index contributed by atoms with van der Waals surface area (Å²) >= 11 is 0. The molecule has 2 N–H and O–H groups in total. The third-order valence-corrected chi connectivity index (χ3v) is 1.85. The average molecular weight is 176 g/mol. The highest BCUT2D eigenvalue weighted by atomic mass is 16.4. The minimum atomic E-state index is -1.37. The van der Waals surface area contributed by atoms with Gasteiger partial charge in [-0.1, -0.05) is 43.2 Å². The van der Waals surface area contributed by atoms with Crippen LogP contribution in [0.2, 0.25) is 0 Å². The van der Waals surface area contributed by atoms with Gasteiger partial charge in [-0.15, -0.1) is 0 Å². The van der Waals surface area contributed by atoms with Gasteiger partial charge >= 0.3 is 7.12 Å². The molecule has 3 heteroatoms. The Morgan fingerprint density at radius 1 is 1.23 bits per heavy atom. The lowest BCUT2D eigenvalue weighted by atomic mass is 9.90. The SMILES string of the molecule is CCc1ccc(C=CB(O)O)cc1. The molecule has 0 amide bonds. The summed E-state index contributed by atoms with van der Waals surface area (Å²) < 4.78 is 0. The summed E-state index contributed by atoms with van der Waals surface area (Å²) in [6.07, 6.45) is 2.71. The van der Waals surface area contributed by atoms with Crippen LogP contribution in [0, 0.1) is 0 Å². The Hall–Kier alpha value is -1.06. The maximum Gasteiger partial charge on any atom is 0.480 e. The highest BCUT2D eigenvalue weighted by Gasteiger charge is 1.97. The molecule has 0 aliphatic rings. The maximum absolute atomic E-state index is 8.58. The summed E-state index contributed by atoms with van der Waals surface area (Å²) in [5.74, 6) is 1.33. The van der Waals surface area contributed by atoms with Crippen LogP contribution in [-0.2, 0) is 6.42 Å². The fourth-order valence-corrected chi connectivity index (χ4v) is 1.06. The predicted octanol–water partition coefficient (Wildman–Crippen LogP) is 1.27. The average Bonchev–Trinajstić information content (AvgIpc) is 2.15. The van der Waals surface area contributed by atoms with Gasteiger partial charge in [0.15, 0.2) is 0 Å². The molecular formula is C10H13BO2. The van der Waals surface area contributed by atoms with Crippen molar-refractivity contribution in [3.8, 4) is 0 Å². The van der Waals surface area contributed by atoms with Crippen LogP contribution in [0.5, 0.6) is 0 Å². The Bertz CT molecular complexity index is 277. The van der Waals surface area contributed by atoms with E-state index in [1.54, 1.807) is 6.08 Å². The number of hydrogen-bond acceptors (Lipinski definition) is 2. The van der Waals surface area contributed by atoms with E-state index in [-0.39, 0.29) is 0 Å². The molecule has 0 saturated heterocycles. The largest absolute Gasteiger partial charge is 0.480 e. The van der Waals surface area contributed by atoms with Crippen molar-refractivity contribution in [3.63, 3.8) is 0 Å². The second-order valence-electron chi connectivity index (χ2n) is 2.87. The summed E-state index contributed by atoms with van der Waals surface area (Å²) in [6.45, 7) is 2.10. The zero-order valence-electron chi connectivity index (χ0n) is 7.64. The van der Waals surface area contributed by atoms with E-state index in [0.717, 1.165) is 12.0 Å². The zero-order valence-corrected chi connectivity index (χ0v) is 7.64. The third-order valence-electron chi connectivity index (χ3n) is 1.85. The van der Waals surface area contributed by atoms with Gasteiger partial charge in [-0.3, -0.25) is 0 Å². The summed E-state index contributed by atoms with van der Waals surface area (Å²) in [4.78, 5) is 0. The fourth-order valence-electron chi connectivity index (χ4n) is 1.06. The first kappa shape index (κ1) is 10.0. The molecule has 0 aromatic heterocycles. The second kappa shape index (κ2) is 4.85. The minimum Gasteiger partial charge on any atom is -0.424 e. The van der Waals surface area contributed by atoms with Crippen molar-refractivity contribution in [2.24, 2.45) is 0 Å². The second-order valence-corrected chi connectivity index (χ2v) is 2.87. The first-order chi connectivity index (χ1) is 6.22. The van der Waals surface area contributed by atoms with Gasteiger partial charge in [-0.25, -0.2) is 0 Å². The lowest BCUT2D eigenvalue weighted by molar-refractivity contribution is 0.424. The van der Waals surface area contributed by atoms with Crippen LogP contribution in [0.1, 0.15) is 18.1 Å². The fraction of sp³-hybridized carbons (Fsp3) is 0.200.